The molecule has 23 heavy (non-hydrogen) atoms. The van der Waals surface area contributed by atoms with Gasteiger partial charge in [-0.25, -0.2) is 0 Å². The van der Waals surface area contributed by atoms with Gasteiger partial charge < -0.3 is 10.3 Å². The van der Waals surface area contributed by atoms with Crippen LogP contribution in [-0.4, -0.2) is 17.5 Å². The quantitative estimate of drug-likeness (QED) is 0.893. The number of rotatable bonds is 2. The molecule has 0 unspecified atom stereocenters. The molecule has 2 aromatic carbocycles. The minimum atomic E-state index is 0.0697. The zero-order chi connectivity index (χ0) is 15.8. The third-order valence-corrected chi connectivity index (χ3v) is 4.23. The lowest BCUT2D eigenvalue weighted by atomic mass is 10.1. The highest BCUT2D eigenvalue weighted by Gasteiger charge is 2.32. The van der Waals surface area contributed by atoms with Crippen LogP contribution in [0, 0.1) is 0 Å². The molecule has 2 aliphatic heterocycles. The summed E-state index contributed by atoms with van der Waals surface area (Å²) in [6.45, 7) is 2.88. The molecule has 2 N–H and O–H groups in total. The Labute approximate surface area is 135 Å². The summed E-state index contributed by atoms with van der Waals surface area (Å²) in [5.74, 6) is 0.0697. The van der Waals surface area contributed by atoms with Crippen molar-refractivity contribution in [3.8, 4) is 0 Å². The van der Waals surface area contributed by atoms with Gasteiger partial charge in [0.2, 0.25) is 5.91 Å². The number of hydrogen-bond donors (Lipinski definition) is 2. The van der Waals surface area contributed by atoms with E-state index in [0.29, 0.717) is 13.1 Å². The molecule has 0 saturated carbocycles. The number of carbonyl (C=O) groups excluding carboxylic acids is 1. The van der Waals surface area contributed by atoms with Crippen LogP contribution in [0.5, 0.6) is 0 Å². The Balaban J connectivity index is 1.81. The van der Waals surface area contributed by atoms with Crippen LogP contribution in [0.2, 0.25) is 0 Å². The monoisotopic (exact) mass is 306 g/mol. The smallest absolute Gasteiger partial charge is 0.248 e. The van der Waals surface area contributed by atoms with Gasteiger partial charge in [-0.2, -0.15) is 0 Å². The Morgan fingerprint density at radius 1 is 1.04 bits per heavy atom. The summed E-state index contributed by atoms with van der Waals surface area (Å²) in [5, 5.41) is 1.88. The van der Waals surface area contributed by atoms with Crippen molar-refractivity contribution >= 4 is 17.3 Å². The highest BCUT2D eigenvalue weighted by atomic mass is 16.2. The van der Waals surface area contributed by atoms with Gasteiger partial charge in [-0.3, -0.25) is 9.80 Å². The van der Waals surface area contributed by atoms with Crippen molar-refractivity contribution in [1.29, 1.82) is 0 Å². The fourth-order valence-corrected chi connectivity index (χ4v) is 3.14. The molecule has 116 valence electrons. The first-order chi connectivity index (χ1) is 11.2. The average Bonchev–Trinajstić information content (AvgIpc) is 2.88. The molecule has 5 heteroatoms. The molecule has 2 heterocycles. The molecule has 5 nitrogen and oxygen atoms in total. The highest BCUT2D eigenvalue weighted by Crippen LogP contribution is 2.35. The summed E-state index contributed by atoms with van der Waals surface area (Å²) < 4.78 is 0. The topological polar surface area (TPSA) is 47.6 Å². The first kappa shape index (κ1) is 13.8. The molecule has 1 amide bonds. The second kappa shape index (κ2) is 5.44. The van der Waals surface area contributed by atoms with Crippen LogP contribution in [0.3, 0.4) is 0 Å². The lowest BCUT2D eigenvalue weighted by Gasteiger charge is -2.23. The number of hydrazine groups is 2. The number of amides is 1. The number of fused-ring (bicyclic) bond motifs is 3. The molecular formula is C18H18N4O. The van der Waals surface area contributed by atoms with Crippen molar-refractivity contribution in [1.82, 2.24) is 16.0 Å². The number of allylic oxidation sites excluding steroid dienone is 1. The Kier molecular flexibility index (Phi) is 3.28. The van der Waals surface area contributed by atoms with Gasteiger partial charge in [0.15, 0.2) is 0 Å². The molecule has 4 rings (SSSR count). The number of anilines is 1. The Hall–Kier alpha value is -2.79. The fourth-order valence-electron chi connectivity index (χ4n) is 3.14. The van der Waals surface area contributed by atoms with Crippen molar-refractivity contribution in [3.05, 3.63) is 71.4 Å². The third kappa shape index (κ3) is 2.35. The Bertz CT molecular complexity index is 785. The molecule has 0 atom stereocenters. The van der Waals surface area contributed by atoms with Crippen molar-refractivity contribution in [2.24, 2.45) is 0 Å². The lowest BCUT2D eigenvalue weighted by molar-refractivity contribution is -0.119. The van der Waals surface area contributed by atoms with Gasteiger partial charge in [-0.05, 0) is 18.6 Å². The molecule has 0 saturated heterocycles. The maximum atomic E-state index is 12.8. The van der Waals surface area contributed by atoms with Crippen LogP contribution in [0.15, 0.2) is 60.3 Å². The number of nitrogens with one attached hydrogen (secondary N) is 2. The van der Waals surface area contributed by atoms with Crippen molar-refractivity contribution in [3.63, 3.8) is 0 Å². The van der Waals surface area contributed by atoms with E-state index >= 15 is 0 Å². The van der Waals surface area contributed by atoms with E-state index in [1.165, 1.54) is 0 Å². The van der Waals surface area contributed by atoms with Crippen LogP contribution in [0.1, 0.15) is 18.1 Å². The molecule has 0 aromatic heterocycles. The van der Waals surface area contributed by atoms with Gasteiger partial charge in [0.25, 0.3) is 0 Å². The van der Waals surface area contributed by atoms with Gasteiger partial charge in [0.1, 0.15) is 6.54 Å². The third-order valence-electron chi connectivity index (χ3n) is 4.23. The Morgan fingerprint density at radius 3 is 2.61 bits per heavy atom. The van der Waals surface area contributed by atoms with Crippen LogP contribution < -0.4 is 15.9 Å². The van der Waals surface area contributed by atoms with Crippen molar-refractivity contribution in [2.75, 3.05) is 11.4 Å². The molecule has 0 aliphatic carbocycles. The first-order valence-corrected chi connectivity index (χ1v) is 7.68. The van der Waals surface area contributed by atoms with E-state index in [0.717, 1.165) is 28.2 Å². The largest absolute Gasteiger partial charge is 0.306 e. The normalized spacial score (nSPS) is 16.8. The number of benzene rings is 2. The van der Waals surface area contributed by atoms with E-state index in [1.54, 1.807) is 0 Å². The first-order valence-electron chi connectivity index (χ1n) is 7.68. The molecule has 0 fully saturated rings. The summed E-state index contributed by atoms with van der Waals surface area (Å²) >= 11 is 0. The molecule has 2 aromatic rings. The van der Waals surface area contributed by atoms with Crippen LogP contribution in [-0.2, 0) is 11.3 Å². The predicted molar refractivity (Wildman–Crippen MR) is 89.6 cm³/mol. The zero-order valence-corrected chi connectivity index (χ0v) is 12.9. The molecule has 0 bridgehead atoms. The minimum absolute atomic E-state index is 0.0697. The zero-order valence-electron chi connectivity index (χ0n) is 12.9. The number of hydrogen-bond acceptors (Lipinski definition) is 4. The van der Waals surface area contributed by atoms with Crippen molar-refractivity contribution in [2.45, 2.75) is 13.5 Å². The standard InChI is InChI=1S/C18H18N4O/c1-13-18-15-9-5-6-10-16(15)21(11-14-7-3-2-4-8-14)17(23)12-22(18)20-19-13/h2-10,19-20H,11-12H2,1H3. The van der Waals surface area contributed by atoms with Crippen LogP contribution >= 0.6 is 0 Å². The summed E-state index contributed by atoms with van der Waals surface area (Å²) in [7, 11) is 0. The van der Waals surface area contributed by atoms with Gasteiger partial charge in [-0.15, -0.1) is 5.53 Å². The van der Waals surface area contributed by atoms with Gasteiger partial charge in [0.05, 0.1) is 23.6 Å². The fraction of sp³-hybridized carbons (Fsp3) is 0.167. The van der Waals surface area contributed by atoms with Gasteiger partial charge in [-0.1, -0.05) is 48.5 Å². The highest BCUT2D eigenvalue weighted by molar-refractivity contribution is 6.00. The summed E-state index contributed by atoms with van der Waals surface area (Å²) in [6, 6.07) is 18.1. The van der Waals surface area contributed by atoms with Gasteiger partial charge >= 0.3 is 0 Å². The second-order valence-electron chi connectivity index (χ2n) is 5.78. The van der Waals surface area contributed by atoms with E-state index in [4.69, 9.17) is 0 Å². The van der Waals surface area contributed by atoms with Crippen LogP contribution in [0.25, 0.3) is 5.70 Å². The molecule has 2 aliphatic rings. The Morgan fingerprint density at radius 2 is 1.78 bits per heavy atom. The summed E-state index contributed by atoms with van der Waals surface area (Å²) in [5.41, 5.74) is 11.3. The van der Waals surface area contributed by atoms with Crippen LogP contribution in [0.4, 0.5) is 5.69 Å². The maximum absolute atomic E-state index is 12.8. The number of para-hydroxylation sites is 1. The molecular weight excluding hydrogens is 288 g/mol. The van der Waals surface area contributed by atoms with Gasteiger partial charge in [0, 0.05) is 5.56 Å². The number of carbonyl (C=O) groups is 1. The van der Waals surface area contributed by atoms with E-state index in [2.05, 4.69) is 17.0 Å². The van der Waals surface area contributed by atoms with E-state index in [1.807, 2.05) is 65.4 Å². The average molecular weight is 306 g/mol. The molecule has 0 spiro atoms. The lowest BCUT2D eigenvalue weighted by Crippen LogP contribution is -2.43. The van der Waals surface area contributed by atoms with Crippen molar-refractivity contribution < 1.29 is 4.79 Å². The number of nitrogens with zero attached hydrogens (tertiary/aromatic N) is 2. The van der Waals surface area contributed by atoms with E-state index in [-0.39, 0.29) is 5.91 Å². The van der Waals surface area contributed by atoms with E-state index in [9.17, 15) is 4.79 Å². The molecule has 0 radical (unpaired) electrons. The second-order valence-corrected chi connectivity index (χ2v) is 5.78. The summed E-state index contributed by atoms with van der Waals surface area (Å²) in [6.07, 6.45) is 0. The SMILES string of the molecule is CC1=C2c3ccccc3N(Cc3ccccc3)C(=O)CN2NN1. The predicted octanol–water partition coefficient (Wildman–Crippen LogP) is 2.25. The van der Waals surface area contributed by atoms with E-state index < -0.39 is 0 Å². The maximum Gasteiger partial charge on any atom is 0.248 e. The summed E-state index contributed by atoms with van der Waals surface area (Å²) in [4.78, 5) is 14.7. The minimum Gasteiger partial charge on any atom is -0.306 e.